The van der Waals surface area contributed by atoms with Gasteiger partial charge in [0.1, 0.15) is 0 Å². The van der Waals surface area contributed by atoms with Crippen LogP contribution in [0.2, 0.25) is 0 Å². The van der Waals surface area contributed by atoms with Gasteiger partial charge in [0.15, 0.2) is 0 Å². The Morgan fingerprint density at radius 3 is 2.69 bits per heavy atom. The van der Waals surface area contributed by atoms with Crippen molar-refractivity contribution in [3.05, 3.63) is 0 Å². The minimum Gasteiger partial charge on any atom is -0.480 e. The Labute approximate surface area is 90.6 Å². The van der Waals surface area contributed by atoms with E-state index in [1.54, 1.807) is 0 Å². The van der Waals surface area contributed by atoms with Crippen LogP contribution in [0.3, 0.4) is 0 Å². The second-order valence-electron chi connectivity index (χ2n) is 3.28. The molecule has 1 N–H and O–H groups in total. The third-order valence-electron chi connectivity index (χ3n) is 2.40. The van der Waals surface area contributed by atoms with Crippen molar-refractivity contribution < 1.29 is 28.2 Å². The van der Waals surface area contributed by atoms with E-state index in [1.165, 1.54) is 6.92 Å². The van der Waals surface area contributed by atoms with Crippen molar-refractivity contribution in [1.82, 2.24) is 0 Å². The smallest absolute Gasteiger partial charge is 0.336 e. The third-order valence-corrected chi connectivity index (χ3v) is 2.40. The molecule has 0 saturated carbocycles. The van der Waals surface area contributed by atoms with Crippen molar-refractivity contribution in [2.75, 3.05) is 6.61 Å². The molecule has 88 valence electrons. The fourth-order valence-electron chi connectivity index (χ4n) is 1.57. The van der Waals surface area contributed by atoms with E-state index < -0.39 is 29.7 Å². The zero-order valence-corrected chi connectivity index (χ0v) is 8.50. The fourth-order valence-corrected chi connectivity index (χ4v) is 1.57. The zero-order chi connectivity index (χ0) is 12.3. The number of carboxylic acid groups (broad SMARTS) is 1. The number of ether oxygens (including phenoxy) is 1. The van der Waals surface area contributed by atoms with Gasteiger partial charge in [-0.25, -0.2) is 18.4 Å². The summed E-state index contributed by atoms with van der Waals surface area (Å²) < 4.78 is 29.8. The molecule has 1 aliphatic carbocycles. The zero-order valence-electron chi connectivity index (χ0n) is 8.50. The van der Waals surface area contributed by atoms with E-state index in [0.29, 0.717) is 0 Å². The number of hydrogen-bond acceptors (Lipinski definition) is 3. The second-order valence-corrected chi connectivity index (χ2v) is 3.28. The van der Waals surface area contributed by atoms with Crippen LogP contribution in [0.15, 0.2) is 0 Å². The highest BCUT2D eigenvalue weighted by Crippen LogP contribution is 2.39. The van der Waals surface area contributed by atoms with E-state index in [1.807, 2.05) is 0 Å². The Morgan fingerprint density at radius 2 is 2.25 bits per heavy atom. The molecule has 0 bridgehead atoms. The maximum Gasteiger partial charge on any atom is 0.336 e. The predicted octanol–water partition coefficient (Wildman–Crippen LogP) is 0.909. The molecular weight excluding hydrogens is 222 g/mol. The molecule has 1 rings (SSSR count). The lowest BCUT2D eigenvalue weighted by atomic mass is 9.78. The molecule has 16 heavy (non-hydrogen) atoms. The molecule has 0 aliphatic heterocycles. The molecule has 0 spiro atoms. The number of rotatable bonds is 4. The SMILES string of the molecule is CCOC(=O)[C@@]1(C(=O)O)C#CCC1C(F)F. The molecule has 0 radical (unpaired) electrons. The van der Waals surface area contributed by atoms with E-state index in [-0.39, 0.29) is 13.0 Å². The number of carbonyl (C=O) groups excluding carboxylic acids is 1. The maximum atomic E-state index is 12.6. The highest BCUT2D eigenvalue weighted by molar-refractivity contribution is 6.04. The first-order valence-corrected chi connectivity index (χ1v) is 4.65. The van der Waals surface area contributed by atoms with Crippen LogP contribution in [0.25, 0.3) is 0 Å². The molecule has 0 saturated heterocycles. The minimum absolute atomic E-state index is 0.0779. The fraction of sp³-hybridized carbons (Fsp3) is 0.600. The van der Waals surface area contributed by atoms with Crippen LogP contribution in [0, 0.1) is 23.2 Å². The van der Waals surface area contributed by atoms with Gasteiger partial charge in [-0.15, -0.1) is 5.92 Å². The molecule has 6 heteroatoms. The second kappa shape index (κ2) is 4.47. The van der Waals surface area contributed by atoms with Gasteiger partial charge in [0.2, 0.25) is 11.8 Å². The van der Waals surface area contributed by atoms with Crippen LogP contribution in [0.1, 0.15) is 13.3 Å². The van der Waals surface area contributed by atoms with Gasteiger partial charge >= 0.3 is 11.9 Å². The molecule has 4 nitrogen and oxygen atoms in total. The van der Waals surface area contributed by atoms with Gasteiger partial charge in [0.25, 0.3) is 0 Å². The summed E-state index contributed by atoms with van der Waals surface area (Å²) in [5, 5.41) is 8.94. The number of carboxylic acids is 1. The summed E-state index contributed by atoms with van der Waals surface area (Å²) in [6.45, 7) is 1.39. The third kappa shape index (κ3) is 1.73. The van der Waals surface area contributed by atoms with Gasteiger partial charge < -0.3 is 9.84 Å². The topological polar surface area (TPSA) is 63.6 Å². The van der Waals surface area contributed by atoms with Crippen LogP contribution < -0.4 is 0 Å². The van der Waals surface area contributed by atoms with Crippen molar-refractivity contribution >= 4 is 11.9 Å². The number of carbonyl (C=O) groups is 2. The van der Waals surface area contributed by atoms with E-state index >= 15 is 0 Å². The monoisotopic (exact) mass is 232 g/mol. The molecule has 0 aromatic heterocycles. The van der Waals surface area contributed by atoms with E-state index in [9.17, 15) is 18.4 Å². The first kappa shape index (κ1) is 12.4. The lowest BCUT2D eigenvalue weighted by Crippen LogP contribution is -2.46. The number of alkyl halides is 2. The lowest BCUT2D eigenvalue weighted by molar-refractivity contribution is -0.171. The van der Waals surface area contributed by atoms with Gasteiger partial charge in [0, 0.05) is 6.42 Å². The van der Waals surface area contributed by atoms with Gasteiger partial charge in [-0.05, 0) is 6.92 Å². The van der Waals surface area contributed by atoms with Crippen molar-refractivity contribution in [3.8, 4) is 11.8 Å². The van der Waals surface area contributed by atoms with Gasteiger partial charge in [-0.2, -0.15) is 0 Å². The van der Waals surface area contributed by atoms with Crippen LogP contribution >= 0.6 is 0 Å². The normalized spacial score (nSPS) is 27.4. The summed E-state index contributed by atoms with van der Waals surface area (Å²) in [6, 6.07) is 0. The summed E-state index contributed by atoms with van der Waals surface area (Å²) >= 11 is 0. The Balaban J connectivity index is 3.11. The summed E-state index contributed by atoms with van der Waals surface area (Å²) in [7, 11) is 0. The van der Waals surface area contributed by atoms with E-state index in [4.69, 9.17) is 5.11 Å². The highest BCUT2D eigenvalue weighted by Gasteiger charge is 2.58. The van der Waals surface area contributed by atoms with Crippen LogP contribution in [0.5, 0.6) is 0 Å². The van der Waals surface area contributed by atoms with Crippen LogP contribution in [-0.2, 0) is 14.3 Å². The molecule has 0 fully saturated rings. The molecule has 0 amide bonds. The number of esters is 1. The minimum atomic E-state index is -2.94. The average molecular weight is 232 g/mol. The quantitative estimate of drug-likeness (QED) is 0.444. The Morgan fingerprint density at radius 1 is 1.62 bits per heavy atom. The van der Waals surface area contributed by atoms with E-state index in [0.717, 1.165) is 0 Å². The van der Waals surface area contributed by atoms with E-state index in [2.05, 4.69) is 16.6 Å². The first-order chi connectivity index (χ1) is 7.46. The number of halogens is 2. The first-order valence-electron chi connectivity index (χ1n) is 4.65. The maximum absolute atomic E-state index is 12.6. The average Bonchev–Trinajstić information content (AvgIpc) is 2.62. The molecule has 2 atom stereocenters. The summed E-state index contributed by atoms with van der Waals surface area (Å²) in [6.07, 6.45) is -3.26. The highest BCUT2D eigenvalue weighted by atomic mass is 19.3. The molecular formula is C10H10F2O4. The molecule has 0 aromatic carbocycles. The molecule has 1 unspecified atom stereocenters. The largest absolute Gasteiger partial charge is 0.480 e. The molecule has 1 aliphatic rings. The van der Waals surface area contributed by atoms with Crippen LogP contribution in [-0.4, -0.2) is 30.1 Å². The Hall–Kier alpha value is -1.64. The Bertz CT molecular complexity index is 369. The summed E-state index contributed by atoms with van der Waals surface area (Å²) in [4.78, 5) is 22.5. The number of hydrogen-bond donors (Lipinski definition) is 1. The lowest BCUT2D eigenvalue weighted by Gasteiger charge is -2.25. The van der Waals surface area contributed by atoms with Crippen LogP contribution in [0.4, 0.5) is 8.78 Å². The summed E-state index contributed by atoms with van der Waals surface area (Å²) in [5.41, 5.74) is -2.41. The Kier molecular flexibility index (Phi) is 3.48. The van der Waals surface area contributed by atoms with Crippen molar-refractivity contribution in [2.24, 2.45) is 11.3 Å². The standard InChI is InChI=1S/C10H10F2O4/c1-2-16-9(15)10(8(13)14)5-3-4-6(10)7(11)12/h6-7H,2,4H2,1H3,(H,13,14)/t6?,10-/m0/s1. The molecule has 0 aromatic rings. The van der Waals surface area contributed by atoms with Gasteiger partial charge in [-0.1, -0.05) is 5.92 Å². The van der Waals surface area contributed by atoms with Crippen molar-refractivity contribution in [3.63, 3.8) is 0 Å². The summed E-state index contributed by atoms with van der Waals surface area (Å²) in [5.74, 6) is -0.218. The predicted molar refractivity (Wildman–Crippen MR) is 48.6 cm³/mol. The molecule has 0 heterocycles. The number of aliphatic carboxylic acids is 1. The van der Waals surface area contributed by atoms with Crippen molar-refractivity contribution in [1.29, 1.82) is 0 Å². The van der Waals surface area contributed by atoms with Gasteiger partial charge in [-0.3, -0.25) is 0 Å². The van der Waals surface area contributed by atoms with Crippen molar-refractivity contribution in [2.45, 2.75) is 19.8 Å². The van der Waals surface area contributed by atoms with Gasteiger partial charge in [0.05, 0.1) is 12.5 Å².